The van der Waals surface area contributed by atoms with Gasteiger partial charge < -0.3 is 15.5 Å². The number of hydrogen-bond acceptors (Lipinski definition) is 5. The summed E-state index contributed by atoms with van der Waals surface area (Å²) in [5.74, 6) is 0.998. The lowest BCUT2D eigenvalue weighted by atomic mass is 10.3. The van der Waals surface area contributed by atoms with E-state index in [1.54, 1.807) is 17.8 Å². The summed E-state index contributed by atoms with van der Waals surface area (Å²) < 4.78 is 7.02. The van der Waals surface area contributed by atoms with E-state index in [9.17, 15) is 4.79 Å². The zero-order valence-electron chi connectivity index (χ0n) is 11.9. The zero-order valence-corrected chi connectivity index (χ0v) is 11.9. The Balaban J connectivity index is 2.08. The van der Waals surface area contributed by atoms with Gasteiger partial charge in [-0.05, 0) is 13.8 Å². The van der Waals surface area contributed by atoms with Crippen LogP contribution in [0.2, 0.25) is 0 Å². The van der Waals surface area contributed by atoms with Gasteiger partial charge in [0.25, 0.3) is 5.91 Å². The molecule has 20 heavy (non-hydrogen) atoms. The molecular formula is C13H19N5O2. The van der Waals surface area contributed by atoms with Crippen molar-refractivity contribution in [3.05, 3.63) is 29.2 Å². The largest absolute Gasteiger partial charge is 0.444 e. The molecule has 0 fully saturated rings. The second kappa shape index (κ2) is 5.77. The highest BCUT2D eigenvalue weighted by atomic mass is 16.4. The normalized spacial score (nSPS) is 10.8. The molecule has 3 N–H and O–H groups in total. The van der Waals surface area contributed by atoms with Gasteiger partial charge in [-0.25, -0.2) is 4.98 Å². The third kappa shape index (κ3) is 2.66. The van der Waals surface area contributed by atoms with Gasteiger partial charge in [-0.2, -0.15) is 5.10 Å². The van der Waals surface area contributed by atoms with Crippen molar-refractivity contribution >= 4 is 11.6 Å². The number of carbonyl (C=O) groups excluding carboxylic acids is 1. The first-order valence-corrected chi connectivity index (χ1v) is 6.61. The van der Waals surface area contributed by atoms with Gasteiger partial charge in [0, 0.05) is 13.0 Å². The predicted molar refractivity (Wildman–Crippen MR) is 74.1 cm³/mol. The van der Waals surface area contributed by atoms with Crippen LogP contribution in [0.15, 0.2) is 10.6 Å². The van der Waals surface area contributed by atoms with Crippen LogP contribution in [0, 0.1) is 6.92 Å². The molecule has 2 rings (SSSR count). The highest BCUT2D eigenvalue weighted by Crippen LogP contribution is 2.16. The summed E-state index contributed by atoms with van der Waals surface area (Å²) in [6.07, 6.45) is 2.44. The molecule has 0 bridgehead atoms. The molecule has 2 aromatic rings. The molecule has 0 spiro atoms. The number of nitrogens with zero attached hydrogens (tertiary/aromatic N) is 3. The SMILES string of the molecule is CCc1cnc(CNC(=O)c2c(N)c(C)nn2CC)o1. The first-order chi connectivity index (χ1) is 9.56. The van der Waals surface area contributed by atoms with E-state index in [-0.39, 0.29) is 12.5 Å². The number of nitrogens with two attached hydrogens (primary N) is 1. The Kier molecular flexibility index (Phi) is 4.07. The minimum atomic E-state index is -0.277. The van der Waals surface area contributed by atoms with Gasteiger partial charge >= 0.3 is 0 Å². The summed E-state index contributed by atoms with van der Waals surface area (Å²) in [6, 6.07) is 0. The number of nitrogen functional groups attached to an aromatic ring is 1. The minimum Gasteiger partial charge on any atom is -0.444 e. The number of rotatable bonds is 5. The lowest BCUT2D eigenvalue weighted by molar-refractivity contribution is 0.0937. The van der Waals surface area contributed by atoms with Crippen LogP contribution in [0.1, 0.15) is 41.7 Å². The molecule has 108 valence electrons. The van der Waals surface area contributed by atoms with Gasteiger partial charge in [0.2, 0.25) is 5.89 Å². The number of nitrogens with one attached hydrogen (secondary N) is 1. The predicted octanol–water partition coefficient (Wildman–Crippen LogP) is 1.27. The summed E-state index contributed by atoms with van der Waals surface area (Å²) in [4.78, 5) is 16.3. The molecule has 0 aromatic carbocycles. The lowest BCUT2D eigenvalue weighted by Gasteiger charge is -2.06. The van der Waals surface area contributed by atoms with E-state index in [0.29, 0.717) is 29.5 Å². The molecule has 0 atom stereocenters. The van der Waals surface area contributed by atoms with Crippen molar-refractivity contribution < 1.29 is 9.21 Å². The minimum absolute atomic E-state index is 0.228. The summed E-state index contributed by atoms with van der Waals surface area (Å²) in [7, 11) is 0. The van der Waals surface area contributed by atoms with E-state index in [0.717, 1.165) is 12.2 Å². The number of aryl methyl sites for hydroxylation is 3. The average Bonchev–Trinajstić information content (AvgIpc) is 3.01. The van der Waals surface area contributed by atoms with Crippen molar-refractivity contribution in [3.8, 4) is 0 Å². The number of amides is 1. The monoisotopic (exact) mass is 277 g/mol. The molecule has 0 aliphatic rings. The van der Waals surface area contributed by atoms with E-state index in [1.165, 1.54) is 0 Å². The average molecular weight is 277 g/mol. The first kappa shape index (κ1) is 14.1. The van der Waals surface area contributed by atoms with Crippen LogP contribution >= 0.6 is 0 Å². The molecule has 0 radical (unpaired) electrons. The Morgan fingerprint density at radius 1 is 1.50 bits per heavy atom. The van der Waals surface area contributed by atoms with Crippen LogP contribution in [-0.4, -0.2) is 20.7 Å². The maximum absolute atomic E-state index is 12.2. The van der Waals surface area contributed by atoms with Gasteiger partial charge in [0.15, 0.2) is 0 Å². The van der Waals surface area contributed by atoms with Crippen molar-refractivity contribution in [1.82, 2.24) is 20.1 Å². The van der Waals surface area contributed by atoms with E-state index < -0.39 is 0 Å². The molecule has 0 aliphatic heterocycles. The second-order valence-corrected chi connectivity index (χ2v) is 4.42. The fourth-order valence-corrected chi connectivity index (χ4v) is 1.90. The first-order valence-electron chi connectivity index (χ1n) is 6.61. The smallest absolute Gasteiger partial charge is 0.272 e. The Morgan fingerprint density at radius 2 is 2.25 bits per heavy atom. The van der Waals surface area contributed by atoms with Crippen LogP contribution in [0.3, 0.4) is 0 Å². The molecule has 0 unspecified atom stereocenters. The molecule has 7 nitrogen and oxygen atoms in total. The third-order valence-electron chi connectivity index (χ3n) is 3.04. The quantitative estimate of drug-likeness (QED) is 0.857. The number of oxazole rings is 1. The van der Waals surface area contributed by atoms with Gasteiger partial charge in [-0.15, -0.1) is 0 Å². The van der Waals surface area contributed by atoms with E-state index >= 15 is 0 Å². The fraction of sp³-hybridized carbons (Fsp3) is 0.462. The van der Waals surface area contributed by atoms with Crippen molar-refractivity contribution in [2.45, 2.75) is 40.3 Å². The van der Waals surface area contributed by atoms with Gasteiger partial charge in [-0.3, -0.25) is 9.48 Å². The van der Waals surface area contributed by atoms with Gasteiger partial charge in [0.05, 0.1) is 24.1 Å². The number of carbonyl (C=O) groups is 1. The molecule has 0 saturated heterocycles. The summed E-state index contributed by atoms with van der Waals surface area (Å²) >= 11 is 0. The molecule has 0 saturated carbocycles. The van der Waals surface area contributed by atoms with Crippen molar-refractivity contribution in [3.63, 3.8) is 0 Å². The molecule has 2 heterocycles. The molecular weight excluding hydrogens is 258 g/mol. The van der Waals surface area contributed by atoms with Crippen LogP contribution < -0.4 is 11.1 Å². The maximum atomic E-state index is 12.2. The summed E-state index contributed by atoms with van der Waals surface area (Å²) in [6.45, 7) is 6.47. The topological polar surface area (TPSA) is 99.0 Å². The Hall–Kier alpha value is -2.31. The van der Waals surface area contributed by atoms with Crippen LogP contribution in [0.25, 0.3) is 0 Å². The lowest BCUT2D eigenvalue weighted by Crippen LogP contribution is -2.26. The number of aromatic nitrogens is 3. The van der Waals surface area contributed by atoms with E-state index in [4.69, 9.17) is 10.2 Å². The number of anilines is 1. The van der Waals surface area contributed by atoms with Gasteiger partial charge in [0.1, 0.15) is 11.5 Å². The Bertz CT molecular complexity index is 614. The van der Waals surface area contributed by atoms with E-state index in [1.807, 2.05) is 13.8 Å². The standard InChI is InChI=1S/C13H19N5O2/c1-4-9-6-15-10(20-9)7-16-13(19)12-11(14)8(3)17-18(12)5-2/h6H,4-5,7,14H2,1-3H3,(H,16,19). The van der Waals surface area contributed by atoms with Crippen molar-refractivity contribution in [2.75, 3.05) is 5.73 Å². The summed E-state index contributed by atoms with van der Waals surface area (Å²) in [5, 5.41) is 6.96. The van der Waals surface area contributed by atoms with Crippen LogP contribution in [-0.2, 0) is 19.5 Å². The van der Waals surface area contributed by atoms with Crippen molar-refractivity contribution in [2.24, 2.45) is 0 Å². The van der Waals surface area contributed by atoms with Crippen molar-refractivity contribution in [1.29, 1.82) is 0 Å². The Labute approximate surface area is 117 Å². The molecule has 0 aliphatic carbocycles. The fourth-order valence-electron chi connectivity index (χ4n) is 1.90. The van der Waals surface area contributed by atoms with Gasteiger partial charge in [-0.1, -0.05) is 6.92 Å². The van der Waals surface area contributed by atoms with E-state index in [2.05, 4.69) is 15.4 Å². The summed E-state index contributed by atoms with van der Waals surface area (Å²) in [5.41, 5.74) is 7.34. The highest BCUT2D eigenvalue weighted by molar-refractivity contribution is 5.97. The number of hydrogen-bond donors (Lipinski definition) is 2. The van der Waals surface area contributed by atoms with Crippen LogP contribution in [0.5, 0.6) is 0 Å². The van der Waals surface area contributed by atoms with Crippen LogP contribution in [0.4, 0.5) is 5.69 Å². The molecule has 2 aromatic heterocycles. The highest BCUT2D eigenvalue weighted by Gasteiger charge is 2.19. The molecule has 7 heteroatoms. The molecule has 1 amide bonds. The third-order valence-corrected chi connectivity index (χ3v) is 3.04. The second-order valence-electron chi connectivity index (χ2n) is 4.42. The zero-order chi connectivity index (χ0) is 14.7. The maximum Gasteiger partial charge on any atom is 0.272 e. The Morgan fingerprint density at radius 3 is 2.85 bits per heavy atom.